The second-order valence-electron chi connectivity index (χ2n) is 6.21. The number of nitrogens with one attached hydrogen (secondary N) is 1. The second kappa shape index (κ2) is 11.9. The van der Waals surface area contributed by atoms with Gasteiger partial charge in [0, 0.05) is 13.2 Å². The summed E-state index contributed by atoms with van der Waals surface area (Å²) in [7, 11) is 1.46. The highest BCUT2D eigenvalue weighted by molar-refractivity contribution is 5.82. The van der Waals surface area contributed by atoms with Gasteiger partial charge >= 0.3 is 5.97 Å². The van der Waals surface area contributed by atoms with Crippen molar-refractivity contribution in [1.29, 1.82) is 0 Å². The van der Waals surface area contributed by atoms with Crippen LogP contribution < -0.4 is 11.1 Å². The highest BCUT2D eigenvalue weighted by Crippen LogP contribution is 2.08. The molecule has 28 heavy (non-hydrogen) atoms. The molecule has 0 saturated heterocycles. The molecule has 2 aromatic rings. The van der Waals surface area contributed by atoms with Crippen molar-refractivity contribution >= 4 is 11.9 Å². The molecule has 2 atom stereocenters. The number of carbonyl (C=O) groups is 2. The number of hydrogen-bond donors (Lipinski definition) is 2. The number of carbonyl (C=O) groups excluding carboxylic acids is 2. The quantitative estimate of drug-likeness (QED) is 0.447. The van der Waals surface area contributed by atoms with E-state index in [9.17, 15) is 9.59 Å². The second-order valence-corrected chi connectivity index (χ2v) is 6.21. The largest absolute Gasteiger partial charge is 0.459 e. The summed E-state index contributed by atoms with van der Waals surface area (Å²) in [4.78, 5) is 24.4. The van der Waals surface area contributed by atoms with E-state index in [4.69, 9.17) is 19.9 Å². The molecule has 0 aromatic heterocycles. The van der Waals surface area contributed by atoms with Gasteiger partial charge in [0.2, 0.25) is 0 Å². The summed E-state index contributed by atoms with van der Waals surface area (Å²) in [5, 5.41) is 2.56. The number of hydrogen-bond acceptors (Lipinski definition) is 6. The molecule has 7 nitrogen and oxygen atoms in total. The Kier molecular flexibility index (Phi) is 9.14. The Hall–Kier alpha value is -2.74. The number of ether oxygens (including phenoxy) is 3. The van der Waals surface area contributed by atoms with Crippen LogP contribution in [-0.2, 0) is 36.8 Å². The molecule has 0 radical (unpaired) electrons. The van der Waals surface area contributed by atoms with Crippen molar-refractivity contribution in [3.05, 3.63) is 71.8 Å². The van der Waals surface area contributed by atoms with Crippen LogP contribution >= 0.6 is 0 Å². The first-order valence-corrected chi connectivity index (χ1v) is 8.97. The minimum absolute atomic E-state index is 0.0230. The zero-order chi connectivity index (χ0) is 20.2. The Morgan fingerprint density at radius 1 is 1.00 bits per heavy atom. The van der Waals surface area contributed by atoms with Crippen LogP contribution in [0.4, 0.5) is 0 Å². The minimum Gasteiger partial charge on any atom is -0.459 e. The average Bonchev–Trinajstić information content (AvgIpc) is 2.72. The highest BCUT2D eigenvalue weighted by Gasteiger charge is 2.27. The Bertz CT molecular complexity index is 724. The van der Waals surface area contributed by atoms with Crippen molar-refractivity contribution in [1.82, 2.24) is 5.32 Å². The van der Waals surface area contributed by atoms with Crippen LogP contribution in [0.15, 0.2) is 60.7 Å². The lowest BCUT2D eigenvalue weighted by Crippen LogP contribution is -2.50. The third kappa shape index (κ3) is 7.48. The predicted octanol–water partition coefficient (Wildman–Crippen LogP) is 1.41. The molecule has 7 heteroatoms. The molecule has 2 unspecified atom stereocenters. The topological polar surface area (TPSA) is 99.9 Å². The van der Waals surface area contributed by atoms with Crippen LogP contribution in [-0.4, -0.2) is 44.5 Å². The maximum absolute atomic E-state index is 12.4. The van der Waals surface area contributed by atoms with Crippen molar-refractivity contribution < 1.29 is 23.8 Å². The molecule has 1 amide bonds. The van der Waals surface area contributed by atoms with Crippen molar-refractivity contribution in [2.75, 3.05) is 20.4 Å². The average molecular weight is 386 g/mol. The lowest BCUT2D eigenvalue weighted by molar-refractivity contribution is -0.155. The van der Waals surface area contributed by atoms with Gasteiger partial charge in [-0.05, 0) is 17.5 Å². The Labute approximate surface area is 164 Å². The number of benzene rings is 2. The minimum atomic E-state index is -1.01. The molecule has 0 aliphatic heterocycles. The van der Waals surface area contributed by atoms with Gasteiger partial charge in [0.1, 0.15) is 19.9 Å². The van der Waals surface area contributed by atoms with E-state index in [-0.39, 0.29) is 19.9 Å². The fraction of sp³-hybridized carbons (Fsp3) is 0.333. The maximum Gasteiger partial charge on any atom is 0.332 e. The molecule has 0 saturated carbocycles. The molecular weight excluding hydrogens is 360 g/mol. The lowest BCUT2D eigenvalue weighted by Gasteiger charge is -2.23. The summed E-state index contributed by atoms with van der Waals surface area (Å²) in [5.41, 5.74) is 8.03. The monoisotopic (exact) mass is 386 g/mol. The normalized spacial score (nSPS) is 12.8. The van der Waals surface area contributed by atoms with Gasteiger partial charge in [-0.15, -0.1) is 0 Å². The van der Waals surface area contributed by atoms with Crippen LogP contribution in [0.3, 0.4) is 0 Å². The molecular formula is C21H26N2O5. The first-order valence-electron chi connectivity index (χ1n) is 8.97. The van der Waals surface area contributed by atoms with Gasteiger partial charge in [-0.2, -0.15) is 0 Å². The van der Waals surface area contributed by atoms with E-state index in [2.05, 4.69) is 5.32 Å². The van der Waals surface area contributed by atoms with Gasteiger partial charge in [-0.3, -0.25) is 4.79 Å². The molecule has 150 valence electrons. The smallest absolute Gasteiger partial charge is 0.332 e. The van der Waals surface area contributed by atoms with Crippen LogP contribution in [0, 0.1) is 0 Å². The molecule has 0 aliphatic rings. The summed E-state index contributed by atoms with van der Waals surface area (Å²) < 4.78 is 15.5. The first kappa shape index (κ1) is 21.6. The van der Waals surface area contributed by atoms with Crippen LogP contribution in [0.1, 0.15) is 11.1 Å². The lowest BCUT2D eigenvalue weighted by atomic mass is 10.0. The summed E-state index contributed by atoms with van der Waals surface area (Å²) in [6.07, 6.45) is -0.593. The summed E-state index contributed by atoms with van der Waals surface area (Å²) in [5.74, 6) is -1.01. The number of nitrogens with two attached hydrogens (primary N) is 1. The third-order valence-corrected chi connectivity index (χ3v) is 3.98. The van der Waals surface area contributed by atoms with Gasteiger partial charge in [-0.1, -0.05) is 60.7 Å². The predicted molar refractivity (Wildman–Crippen MR) is 104 cm³/mol. The van der Waals surface area contributed by atoms with E-state index in [1.165, 1.54) is 7.11 Å². The van der Waals surface area contributed by atoms with Crippen LogP contribution in [0.25, 0.3) is 0 Å². The number of amides is 1. The van der Waals surface area contributed by atoms with E-state index in [0.29, 0.717) is 6.42 Å². The first-order chi connectivity index (χ1) is 13.6. The molecule has 0 spiro atoms. The van der Waals surface area contributed by atoms with Crippen molar-refractivity contribution in [2.45, 2.75) is 25.2 Å². The molecule has 0 fully saturated rings. The van der Waals surface area contributed by atoms with E-state index in [1.54, 1.807) is 0 Å². The summed E-state index contributed by atoms with van der Waals surface area (Å²) in [6.45, 7) is -0.213. The number of esters is 1. The SMILES string of the molecule is COCNC(=O)C(OCC(=O)OCc1ccccc1)C(N)Cc1ccccc1. The van der Waals surface area contributed by atoms with E-state index in [0.717, 1.165) is 11.1 Å². The Morgan fingerprint density at radius 2 is 1.61 bits per heavy atom. The zero-order valence-electron chi connectivity index (χ0n) is 15.9. The van der Waals surface area contributed by atoms with E-state index < -0.39 is 24.0 Å². The van der Waals surface area contributed by atoms with E-state index >= 15 is 0 Å². The van der Waals surface area contributed by atoms with Crippen molar-refractivity contribution in [3.63, 3.8) is 0 Å². The molecule has 0 bridgehead atoms. The fourth-order valence-electron chi connectivity index (χ4n) is 2.57. The summed E-state index contributed by atoms with van der Waals surface area (Å²) in [6, 6.07) is 18.2. The van der Waals surface area contributed by atoms with Crippen molar-refractivity contribution in [2.24, 2.45) is 5.73 Å². The van der Waals surface area contributed by atoms with Crippen molar-refractivity contribution in [3.8, 4) is 0 Å². The van der Waals surface area contributed by atoms with E-state index in [1.807, 2.05) is 60.7 Å². The maximum atomic E-state index is 12.4. The van der Waals surface area contributed by atoms with Gasteiger partial charge in [0.15, 0.2) is 6.10 Å². The number of rotatable bonds is 11. The fourth-order valence-corrected chi connectivity index (χ4v) is 2.57. The zero-order valence-corrected chi connectivity index (χ0v) is 15.9. The molecule has 0 heterocycles. The van der Waals surface area contributed by atoms with Gasteiger partial charge in [0.25, 0.3) is 5.91 Å². The highest BCUT2D eigenvalue weighted by atomic mass is 16.6. The van der Waals surface area contributed by atoms with Gasteiger partial charge in [0.05, 0.1) is 0 Å². The van der Waals surface area contributed by atoms with Crippen LogP contribution in [0.5, 0.6) is 0 Å². The standard InChI is InChI=1S/C21H26N2O5/c1-26-15-23-21(25)20(18(22)12-16-8-4-2-5-9-16)28-14-19(24)27-13-17-10-6-3-7-11-17/h2-11,18,20H,12-15,22H2,1H3,(H,23,25). The van der Waals surface area contributed by atoms with Gasteiger partial charge in [-0.25, -0.2) is 4.79 Å². The number of methoxy groups -OCH3 is 1. The molecule has 2 rings (SSSR count). The molecule has 0 aliphatic carbocycles. The summed E-state index contributed by atoms with van der Waals surface area (Å²) >= 11 is 0. The Balaban J connectivity index is 1.90. The Morgan fingerprint density at radius 3 is 2.21 bits per heavy atom. The van der Waals surface area contributed by atoms with Gasteiger partial charge < -0.3 is 25.3 Å². The van der Waals surface area contributed by atoms with Crippen LogP contribution in [0.2, 0.25) is 0 Å². The third-order valence-electron chi connectivity index (χ3n) is 3.98. The molecule has 2 aromatic carbocycles. The molecule has 3 N–H and O–H groups in total.